The molecule has 218 valence electrons. The molecule has 13 heteroatoms. The Morgan fingerprint density at radius 3 is 2.38 bits per heavy atom. The van der Waals surface area contributed by atoms with Crippen LogP contribution in [0, 0.1) is 19.7 Å². The van der Waals surface area contributed by atoms with Crippen LogP contribution in [0.3, 0.4) is 0 Å². The van der Waals surface area contributed by atoms with E-state index in [1.807, 2.05) is 0 Å². The number of morpholine rings is 1. The number of aromatic carboxylic acids is 1. The lowest BCUT2D eigenvalue weighted by molar-refractivity contribution is 0.0689. The number of anilines is 1. The van der Waals surface area contributed by atoms with Crippen molar-refractivity contribution in [3.05, 3.63) is 94.9 Å². The first-order valence-electron chi connectivity index (χ1n) is 12.9. The summed E-state index contributed by atoms with van der Waals surface area (Å²) in [6, 6.07) is 16.3. The summed E-state index contributed by atoms with van der Waals surface area (Å²) in [7, 11) is -4.17. The third-order valence-corrected chi connectivity index (χ3v) is 8.65. The molecule has 1 fully saturated rings. The van der Waals surface area contributed by atoms with E-state index in [1.54, 1.807) is 31.2 Å². The number of aryl methyl sites for hydroxylation is 1. The number of hydrogen-bond donors (Lipinski definition) is 2. The van der Waals surface area contributed by atoms with Crippen molar-refractivity contribution < 1.29 is 37.0 Å². The van der Waals surface area contributed by atoms with Gasteiger partial charge in [0.1, 0.15) is 16.5 Å². The minimum absolute atomic E-state index is 0.0749. The summed E-state index contributed by atoms with van der Waals surface area (Å²) in [5.41, 5.74) is 1.47. The zero-order valence-corrected chi connectivity index (χ0v) is 23.5. The van der Waals surface area contributed by atoms with Gasteiger partial charge in [-0.25, -0.2) is 17.6 Å². The number of benzene rings is 3. The number of amides is 1. The summed E-state index contributed by atoms with van der Waals surface area (Å²) in [4.78, 5) is 24.6. The number of rotatable bonds is 8. The SMILES string of the molecule is Cc1ccccc1C(=O)Nc1ccc(Oc2c(C)c(C(=O)O)nn2-c2ccc(F)cc2)c(S(=O)(=O)N2CCOCC2)c1. The second kappa shape index (κ2) is 11.7. The molecule has 1 saturated heterocycles. The van der Waals surface area contributed by atoms with Gasteiger partial charge in [0.25, 0.3) is 5.91 Å². The fraction of sp³-hybridized carbons (Fsp3) is 0.207. The van der Waals surface area contributed by atoms with E-state index >= 15 is 0 Å². The highest BCUT2D eigenvalue weighted by Crippen LogP contribution is 2.37. The molecule has 0 atom stereocenters. The maximum atomic E-state index is 13.9. The molecule has 0 unspecified atom stereocenters. The van der Waals surface area contributed by atoms with Crippen LogP contribution < -0.4 is 10.1 Å². The molecule has 1 aliphatic heterocycles. The Hall–Kier alpha value is -4.59. The van der Waals surface area contributed by atoms with Gasteiger partial charge in [-0.2, -0.15) is 14.1 Å². The fourth-order valence-corrected chi connectivity index (χ4v) is 6.04. The zero-order chi connectivity index (χ0) is 30.0. The van der Waals surface area contributed by atoms with Gasteiger partial charge in [-0.1, -0.05) is 18.2 Å². The van der Waals surface area contributed by atoms with Crippen LogP contribution >= 0.6 is 0 Å². The summed E-state index contributed by atoms with van der Waals surface area (Å²) < 4.78 is 55.2. The van der Waals surface area contributed by atoms with Crippen molar-refractivity contribution in [2.24, 2.45) is 0 Å². The zero-order valence-electron chi connectivity index (χ0n) is 22.7. The molecule has 4 aromatic rings. The van der Waals surface area contributed by atoms with Crippen LogP contribution in [-0.4, -0.2) is 65.8 Å². The van der Waals surface area contributed by atoms with E-state index in [-0.39, 0.29) is 59.8 Å². The van der Waals surface area contributed by atoms with Crippen LogP contribution in [0.15, 0.2) is 71.6 Å². The Kier molecular flexibility index (Phi) is 8.07. The molecule has 3 aromatic carbocycles. The maximum Gasteiger partial charge on any atom is 0.356 e. The third-order valence-electron chi connectivity index (χ3n) is 6.73. The first-order valence-corrected chi connectivity index (χ1v) is 14.4. The second-order valence-electron chi connectivity index (χ2n) is 9.52. The number of hydrogen-bond acceptors (Lipinski definition) is 7. The van der Waals surface area contributed by atoms with E-state index < -0.39 is 27.7 Å². The predicted octanol–water partition coefficient (Wildman–Crippen LogP) is 4.39. The highest BCUT2D eigenvalue weighted by Gasteiger charge is 2.32. The highest BCUT2D eigenvalue weighted by molar-refractivity contribution is 7.89. The quantitative estimate of drug-likeness (QED) is 0.306. The first kappa shape index (κ1) is 28.9. The molecule has 1 amide bonds. The molecule has 0 saturated carbocycles. The van der Waals surface area contributed by atoms with Gasteiger partial charge in [0, 0.05) is 29.9 Å². The number of carboxylic acid groups (broad SMARTS) is 1. The molecular weight excluding hydrogens is 567 g/mol. The van der Waals surface area contributed by atoms with Gasteiger partial charge in [0.05, 0.1) is 18.9 Å². The van der Waals surface area contributed by atoms with Crippen LogP contribution in [0.5, 0.6) is 11.6 Å². The molecule has 42 heavy (non-hydrogen) atoms. The fourth-order valence-electron chi connectivity index (χ4n) is 4.49. The Balaban J connectivity index is 1.60. The minimum Gasteiger partial charge on any atom is -0.476 e. The number of nitrogens with one attached hydrogen (secondary N) is 1. The first-order chi connectivity index (χ1) is 20.1. The van der Waals surface area contributed by atoms with E-state index in [9.17, 15) is 27.5 Å². The van der Waals surface area contributed by atoms with Crippen LogP contribution in [0.25, 0.3) is 5.69 Å². The monoisotopic (exact) mass is 594 g/mol. The van der Waals surface area contributed by atoms with Crippen molar-refractivity contribution >= 4 is 27.6 Å². The van der Waals surface area contributed by atoms with Crippen molar-refractivity contribution in [2.45, 2.75) is 18.7 Å². The van der Waals surface area contributed by atoms with E-state index in [2.05, 4.69) is 10.4 Å². The lowest BCUT2D eigenvalue weighted by Gasteiger charge is -2.27. The molecule has 2 N–H and O–H groups in total. The van der Waals surface area contributed by atoms with E-state index in [0.29, 0.717) is 11.3 Å². The summed E-state index contributed by atoms with van der Waals surface area (Å²) >= 11 is 0. The van der Waals surface area contributed by atoms with Crippen molar-refractivity contribution in [2.75, 3.05) is 31.6 Å². The van der Waals surface area contributed by atoms with Gasteiger partial charge in [0.15, 0.2) is 5.69 Å². The molecule has 2 heterocycles. The number of carbonyl (C=O) groups excluding carboxylic acids is 1. The van der Waals surface area contributed by atoms with Crippen molar-refractivity contribution in [3.8, 4) is 17.3 Å². The smallest absolute Gasteiger partial charge is 0.356 e. The number of sulfonamides is 1. The Morgan fingerprint density at radius 1 is 1.02 bits per heavy atom. The number of ether oxygens (including phenoxy) is 2. The van der Waals surface area contributed by atoms with Crippen LogP contribution in [0.4, 0.5) is 10.1 Å². The minimum atomic E-state index is -4.17. The molecule has 0 aliphatic carbocycles. The number of halogens is 1. The molecule has 11 nitrogen and oxygen atoms in total. The normalized spacial score (nSPS) is 14.0. The standard InChI is InChI=1S/C29H27FN4O7S/c1-18-5-3-4-6-23(18)27(35)31-21-9-12-24(25(17-21)42(38,39)33-13-15-40-16-14-33)41-28-19(2)26(29(36)37)32-34(28)22-10-7-20(30)8-11-22/h3-12,17H,13-16H2,1-2H3,(H,31,35)(H,36,37). The van der Waals surface area contributed by atoms with Crippen LogP contribution in [-0.2, 0) is 14.8 Å². The Labute approximate surface area is 241 Å². The Bertz CT molecular complexity index is 1770. The highest BCUT2D eigenvalue weighted by atomic mass is 32.2. The number of aromatic nitrogens is 2. The maximum absolute atomic E-state index is 13.9. The molecule has 5 rings (SSSR count). The summed E-state index contributed by atoms with van der Waals surface area (Å²) in [6.45, 7) is 3.89. The van der Waals surface area contributed by atoms with Crippen molar-refractivity contribution in [1.82, 2.24) is 14.1 Å². The van der Waals surface area contributed by atoms with Gasteiger partial charge >= 0.3 is 5.97 Å². The number of nitrogens with zero attached hydrogens (tertiary/aromatic N) is 3. The molecular formula is C29H27FN4O7S. The average molecular weight is 595 g/mol. The van der Waals surface area contributed by atoms with Crippen LogP contribution in [0.2, 0.25) is 0 Å². The topological polar surface area (TPSA) is 140 Å². The van der Waals surface area contributed by atoms with E-state index in [0.717, 1.165) is 10.2 Å². The van der Waals surface area contributed by atoms with Gasteiger partial charge in [0.2, 0.25) is 15.9 Å². The lowest BCUT2D eigenvalue weighted by atomic mass is 10.1. The lowest BCUT2D eigenvalue weighted by Crippen LogP contribution is -2.40. The summed E-state index contributed by atoms with van der Waals surface area (Å²) in [5.74, 6) is -2.46. The molecule has 0 spiro atoms. The second-order valence-corrected chi connectivity index (χ2v) is 11.4. The molecule has 0 radical (unpaired) electrons. The predicted molar refractivity (Wildman–Crippen MR) is 150 cm³/mol. The van der Waals surface area contributed by atoms with Gasteiger partial charge in [-0.3, -0.25) is 4.79 Å². The number of carbonyl (C=O) groups is 2. The molecule has 1 aromatic heterocycles. The van der Waals surface area contributed by atoms with Gasteiger partial charge in [-0.15, -0.1) is 0 Å². The van der Waals surface area contributed by atoms with Gasteiger partial charge < -0.3 is 19.9 Å². The molecule has 1 aliphatic rings. The molecule has 0 bridgehead atoms. The average Bonchev–Trinajstić information content (AvgIpc) is 3.30. The van der Waals surface area contributed by atoms with Crippen molar-refractivity contribution in [3.63, 3.8) is 0 Å². The largest absolute Gasteiger partial charge is 0.476 e. The van der Waals surface area contributed by atoms with Gasteiger partial charge in [-0.05, 0) is 67.9 Å². The number of carboxylic acids is 1. The van der Waals surface area contributed by atoms with Crippen molar-refractivity contribution in [1.29, 1.82) is 0 Å². The third kappa shape index (κ3) is 5.75. The summed E-state index contributed by atoms with van der Waals surface area (Å²) in [5, 5.41) is 16.6. The van der Waals surface area contributed by atoms with E-state index in [1.165, 1.54) is 53.7 Å². The summed E-state index contributed by atoms with van der Waals surface area (Å²) in [6.07, 6.45) is 0. The van der Waals surface area contributed by atoms with Crippen LogP contribution in [0.1, 0.15) is 32.0 Å². The Morgan fingerprint density at radius 2 is 1.71 bits per heavy atom. The van der Waals surface area contributed by atoms with E-state index in [4.69, 9.17) is 9.47 Å².